The lowest BCUT2D eigenvalue weighted by Gasteiger charge is -2.36. The second-order valence-electron chi connectivity index (χ2n) is 10.2. The molecule has 2 aliphatic rings. The van der Waals surface area contributed by atoms with Gasteiger partial charge in [-0.3, -0.25) is 9.10 Å². The van der Waals surface area contributed by atoms with E-state index in [-0.39, 0.29) is 36.7 Å². The highest BCUT2D eigenvalue weighted by Gasteiger charge is 2.38. The van der Waals surface area contributed by atoms with Crippen LogP contribution in [0.1, 0.15) is 36.3 Å². The maximum Gasteiger partial charge on any atom is 0.416 e. The summed E-state index contributed by atoms with van der Waals surface area (Å²) >= 11 is 0. The third-order valence-electron chi connectivity index (χ3n) is 7.65. The van der Waals surface area contributed by atoms with Crippen LogP contribution in [0.25, 0.3) is 0 Å². The first-order chi connectivity index (χ1) is 20.0. The molecule has 1 saturated heterocycles. The summed E-state index contributed by atoms with van der Waals surface area (Å²) < 4.78 is 85.5. The van der Waals surface area contributed by atoms with Crippen molar-refractivity contribution in [2.24, 2.45) is 0 Å². The van der Waals surface area contributed by atoms with Crippen LogP contribution in [0.5, 0.6) is 11.5 Å². The molecule has 2 aliphatic heterocycles. The van der Waals surface area contributed by atoms with E-state index in [0.717, 1.165) is 45.9 Å². The Kier molecular flexibility index (Phi) is 8.27. The molecule has 3 aromatic carbocycles. The molecule has 0 N–H and O–H groups in total. The Morgan fingerprint density at radius 2 is 1.81 bits per heavy atom. The molecule has 1 unspecified atom stereocenters. The van der Waals surface area contributed by atoms with E-state index in [9.17, 15) is 26.4 Å². The number of hydrogen-bond acceptors (Lipinski definition) is 7. The van der Waals surface area contributed by atoms with Crippen molar-refractivity contribution in [1.82, 2.24) is 0 Å². The minimum atomic E-state index is -4.71. The van der Waals surface area contributed by atoms with Crippen LogP contribution in [0, 0.1) is 0 Å². The summed E-state index contributed by atoms with van der Waals surface area (Å²) in [5.74, 6) is 0.780. The minimum absolute atomic E-state index is 0.00978. The Balaban J connectivity index is 1.49. The molecule has 0 aromatic heterocycles. The fourth-order valence-corrected chi connectivity index (χ4v) is 7.01. The molecular formula is C30H31F3N2O6S. The number of carbonyl (C=O) groups is 1. The van der Waals surface area contributed by atoms with E-state index in [1.165, 1.54) is 7.11 Å². The molecule has 2 heterocycles. The van der Waals surface area contributed by atoms with E-state index in [1.54, 1.807) is 19.2 Å². The largest absolute Gasteiger partial charge is 0.496 e. The molecule has 12 heteroatoms. The highest BCUT2D eigenvalue weighted by atomic mass is 32.2. The van der Waals surface area contributed by atoms with E-state index in [1.807, 2.05) is 30.3 Å². The van der Waals surface area contributed by atoms with Gasteiger partial charge in [0.2, 0.25) is 0 Å². The molecule has 3 aromatic rings. The number of carbonyl (C=O) groups excluding carboxylic acids is 1. The highest BCUT2D eigenvalue weighted by molar-refractivity contribution is 7.92. The maximum atomic E-state index is 13.9. The fraction of sp³-hybridized carbons (Fsp3) is 0.367. The van der Waals surface area contributed by atoms with Crippen molar-refractivity contribution < 1.29 is 40.6 Å². The Morgan fingerprint density at radius 1 is 1.02 bits per heavy atom. The Bertz CT molecular complexity index is 1560. The van der Waals surface area contributed by atoms with Gasteiger partial charge in [-0.05, 0) is 60.9 Å². The quantitative estimate of drug-likeness (QED) is 0.309. The number of sulfonamides is 1. The number of methoxy groups -OCH3 is 2. The molecule has 2 atom stereocenters. The molecule has 0 radical (unpaired) electrons. The van der Waals surface area contributed by atoms with Gasteiger partial charge in [-0.25, -0.2) is 8.42 Å². The number of esters is 1. The van der Waals surface area contributed by atoms with Gasteiger partial charge in [0.05, 0.1) is 36.9 Å². The molecule has 0 bridgehead atoms. The van der Waals surface area contributed by atoms with Gasteiger partial charge in [0.15, 0.2) is 0 Å². The fourth-order valence-electron chi connectivity index (χ4n) is 5.47. The third kappa shape index (κ3) is 5.99. The summed E-state index contributed by atoms with van der Waals surface area (Å²) in [6.07, 6.45) is -4.42. The van der Waals surface area contributed by atoms with Crippen molar-refractivity contribution in [3.63, 3.8) is 0 Å². The van der Waals surface area contributed by atoms with Crippen LogP contribution in [0.2, 0.25) is 0 Å². The third-order valence-corrected chi connectivity index (χ3v) is 9.43. The zero-order chi connectivity index (χ0) is 30.1. The molecule has 0 amide bonds. The highest BCUT2D eigenvalue weighted by Crippen LogP contribution is 2.43. The number of halogens is 3. The standard InChI is InChI=1S/C30H31F3N2O6S/c1-39-27-9-4-3-8-25(27)20-14-15-34(18-20)22-10-12-28-26(17-22)35(19-23(41-28)11-13-29(36)40-2)42(37,38)24-7-5-6-21(16-24)30(31,32)33/h3-10,12,16-17,20,23H,11,13-15,18-19H2,1-2H3/t20?,23-/m0/s1. The van der Waals surface area contributed by atoms with Crippen molar-refractivity contribution in [1.29, 1.82) is 0 Å². The predicted molar refractivity (Wildman–Crippen MR) is 151 cm³/mol. The van der Waals surface area contributed by atoms with Crippen LogP contribution in [0.3, 0.4) is 0 Å². The van der Waals surface area contributed by atoms with E-state index in [0.29, 0.717) is 19.2 Å². The van der Waals surface area contributed by atoms with Crippen LogP contribution in [-0.4, -0.2) is 54.3 Å². The first-order valence-electron chi connectivity index (χ1n) is 13.5. The van der Waals surface area contributed by atoms with Gasteiger partial charge in [-0.15, -0.1) is 0 Å². The number of para-hydroxylation sites is 1. The summed E-state index contributed by atoms with van der Waals surface area (Å²) in [5, 5.41) is 0. The SMILES string of the molecule is COC(=O)CC[C@H]1CN(S(=O)(=O)c2cccc(C(F)(F)F)c2)c2cc(N3CCC(c4ccccc4OC)C3)ccc2O1. The van der Waals surface area contributed by atoms with Crippen molar-refractivity contribution in [2.45, 2.75) is 42.4 Å². The summed E-state index contributed by atoms with van der Waals surface area (Å²) in [6, 6.07) is 16.7. The molecule has 0 aliphatic carbocycles. The van der Waals surface area contributed by atoms with Gasteiger partial charge in [0, 0.05) is 31.1 Å². The topological polar surface area (TPSA) is 85.4 Å². The Morgan fingerprint density at radius 3 is 2.55 bits per heavy atom. The van der Waals surface area contributed by atoms with E-state index < -0.39 is 38.7 Å². The number of alkyl halides is 3. The van der Waals surface area contributed by atoms with Gasteiger partial charge in [0.1, 0.15) is 17.6 Å². The number of nitrogens with zero attached hydrogens (tertiary/aromatic N) is 2. The molecule has 8 nitrogen and oxygen atoms in total. The van der Waals surface area contributed by atoms with Gasteiger partial charge >= 0.3 is 12.1 Å². The first kappa shape index (κ1) is 29.6. The number of ether oxygens (including phenoxy) is 3. The smallest absolute Gasteiger partial charge is 0.416 e. The maximum absolute atomic E-state index is 13.9. The van der Waals surface area contributed by atoms with Crippen LogP contribution in [-0.2, 0) is 25.7 Å². The van der Waals surface area contributed by atoms with Crippen LogP contribution >= 0.6 is 0 Å². The second-order valence-corrected chi connectivity index (χ2v) is 12.1. The van der Waals surface area contributed by atoms with Gasteiger partial charge < -0.3 is 19.1 Å². The molecule has 224 valence electrons. The summed E-state index contributed by atoms with van der Waals surface area (Å²) in [5.41, 5.74) is 1.01. The number of fused-ring (bicyclic) bond motifs is 1. The van der Waals surface area contributed by atoms with Crippen LogP contribution in [0.4, 0.5) is 24.5 Å². The van der Waals surface area contributed by atoms with Crippen molar-refractivity contribution in [2.75, 3.05) is 43.1 Å². The van der Waals surface area contributed by atoms with Crippen molar-refractivity contribution >= 4 is 27.4 Å². The second kappa shape index (κ2) is 11.7. The average Bonchev–Trinajstić information content (AvgIpc) is 3.49. The molecule has 5 rings (SSSR count). The molecule has 42 heavy (non-hydrogen) atoms. The lowest BCUT2D eigenvalue weighted by atomic mass is 9.97. The Hall–Kier alpha value is -3.93. The molecular weight excluding hydrogens is 573 g/mol. The Labute approximate surface area is 242 Å². The zero-order valence-corrected chi connectivity index (χ0v) is 24.0. The number of benzene rings is 3. The monoisotopic (exact) mass is 604 g/mol. The number of hydrogen-bond donors (Lipinski definition) is 0. The van der Waals surface area contributed by atoms with Crippen molar-refractivity contribution in [3.05, 3.63) is 77.9 Å². The number of anilines is 2. The first-order valence-corrected chi connectivity index (χ1v) is 14.9. The summed E-state index contributed by atoms with van der Waals surface area (Å²) in [7, 11) is -1.55. The van der Waals surface area contributed by atoms with Crippen LogP contribution in [0.15, 0.2) is 71.6 Å². The average molecular weight is 605 g/mol. The van der Waals surface area contributed by atoms with E-state index in [4.69, 9.17) is 14.2 Å². The van der Waals surface area contributed by atoms with Gasteiger partial charge in [0.25, 0.3) is 10.0 Å². The van der Waals surface area contributed by atoms with Crippen LogP contribution < -0.4 is 18.7 Å². The normalized spacial score (nSPS) is 18.8. The van der Waals surface area contributed by atoms with Crippen molar-refractivity contribution in [3.8, 4) is 11.5 Å². The lowest BCUT2D eigenvalue weighted by molar-refractivity contribution is -0.141. The molecule has 0 spiro atoms. The van der Waals surface area contributed by atoms with E-state index >= 15 is 0 Å². The van der Waals surface area contributed by atoms with Gasteiger partial charge in [-0.2, -0.15) is 13.2 Å². The minimum Gasteiger partial charge on any atom is -0.496 e. The van der Waals surface area contributed by atoms with E-state index in [2.05, 4.69) is 4.90 Å². The predicted octanol–water partition coefficient (Wildman–Crippen LogP) is 5.62. The number of rotatable bonds is 8. The lowest BCUT2D eigenvalue weighted by Crippen LogP contribution is -2.44. The zero-order valence-electron chi connectivity index (χ0n) is 23.1. The summed E-state index contributed by atoms with van der Waals surface area (Å²) in [6.45, 7) is 1.20. The molecule has 0 saturated carbocycles. The van der Waals surface area contributed by atoms with Gasteiger partial charge in [-0.1, -0.05) is 24.3 Å². The molecule has 1 fully saturated rings. The summed E-state index contributed by atoms with van der Waals surface area (Å²) in [4.78, 5) is 13.4.